The lowest BCUT2D eigenvalue weighted by molar-refractivity contribution is 0.0673. The largest absolute Gasteiger partial charge is 0.355 e. The first-order valence-electron chi connectivity index (χ1n) is 11.8. The Morgan fingerprint density at radius 2 is 1.88 bits per heavy atom. The van der Waals surface area contributed by atoms with E-state index in [1.165, 1.54) is 6.42 Å². The van der Waals surface area contributed by atoms with E-state index in [0.29, 0.717) is 34.5 Å². The molecular weight excluding hydrogens is 398 g/mol. The predicted octanol–water partition coefficient (Wildman–Crippen LogP) is 5.14. The van der Waals surface area contributed by atoms with Crippen LogP contribution in [0, 0.1) is 30.1 Å². The van der Waals surface area contributed by atoms with Crippen LogP contribution in [-0.4, -0.2) is 36.9 Å². The third-order valence-electron chi connectivity index (χ3n) is 7.23. The second kappa shape index (κ2) is 10.6. The van der Waals surface area contributed by atoms with Gasteiger partial charge in [-0.25, -0.2) is 0 Å². The van der Waals surface area contributed by atoms with Crippen LogP contribution in [0.4, 0.5) is 0 Å². The van der Waals surface area contributed by atoms with Crippen LogP contribution < -0.4 is 5.32 Å². The van der Waals surface area contributed by atoms with E-state index in [-0.39, 0.29) is 11.8 Å². The number of aryl methyl sites for hydroxylation is 1. The van der Waals surface area contributed by atoms with Gasteiger partial charge in [0, 0.05) is 36.8 Å². The van der Waals surface area contributed by atoms with Crippen molar-refractivity contribution >= 4 is 11.8 Å². The van der Waals surface area contributed by atoms with Gasteiger partial charge in [-0.2, -0.15) is 5.26 Å². The molecule has 0 aromatic heterocycles. The van der Waals surface area contributed by atoms with Gasteiger partial charge in [0.25, 0.3) is 11.8 Å². The van der Waals surface area contributed by atoms with Crippen molar-refractivity contribution in [3.05, 3.63) is 58.2 Å². The van der Waals surface area contributed by atoms with E-state index in [2.05, 4.69) is 30.5 Å². The van der Waals surface area contributed by atoms with Crippen molar-refractivity contribution in [2.24, 2.45) is 11.8 Å². The number of likely N-dealkylation sites (tertiary alicyclic amines) is 1. The van der Waals surface area contributed by atoms with Crippen molar-refractivity contribution in [2.75, 3.05) is 20.1 Å². The predicted molar refractivity (Wildman–Crippen MR) is 127 cm³/mol. The molecule has 3 rings (SSSR count). The molecule has 2 aliphatic rings. The molecule has 1 aromatic rings. The third-order valence-corrected chi connectivity index (χ3v) is 7.23. The van der Waals surface area contributed by atoms with E-state index in [1.54, 1.807) is 7.05 Å². The van der Waals surface area contributed by atoms with Crippen LogP contribution in [0.25, 0.3) is 0 Å². The van der Waals surface area contributed by atoms with Gasteiger partial charge in [0.1, 0.15) is 0 Å². The quantitative estimate of drug-likeness (QED) is 0.499. The van der Waals surface area contributed by atoms with Crippen LogP contribution in [-0.2, 0) is 0 Å². The average Bonchev–Trinajstić information content (AvgIpc) is 2.77. The molecule has 0 radical (unpaired) electrons. The Balaban J connectivity index is 1.71. The van der Waals surface area contributed by atoms with Crippen LogP contribution in [0.3, 0.4) is 0 Å². The molecule has 5 nitrogen and oxygen atoms in total. The molecule has 2 amide bonds. The highest BCUT2D eigenvalue weighted by Gasteiger charge is 2.30. The number of hydrogen-bond acceptors (Lipinski definition) is 3. The lowest BCUT2D eigenvalue weighted by atomic mass is 9.77. The second-order valence-electron chi connectivity index (χ2n) is 9.17. The number of nitrogens with zero attached hydrogens (tertiary/aromatic N) is 2. The van der Waals surface area contributed by atoms with Gasteiger partial charge in [0.2, 0.25) is 0 Å². The number of carbonyl (C=O) groups excluding carboxylic acids is 2. The Bertz CT molecular complexity index is 958. The Morgan fingerprint density at radius 3 is 2.41 bits per heavy atom. The summed E-state index contributed by atoms with van der Waals surface area (Å²) >= 11 is 0. The van der Waals surface area contributed by atoms with Crippen LogP contribution >= 0.6 is 0 Å². The minimum atomic E-state index is -0.113. The summed E-state index contributed by atoms with van der Waals surface area (Å²) in [7, 11) is 1.64. The molecule has 1 aromatic carbocycles. The molecule has 170 valence electrons. The molecule has 1 aliphatic carbocycles. The van der Waals surface area contributed by atoms with Gasteiger partial charge in [-0.1, -0.05) is 31.6 Å². The fourth-order valence-electron chi connectivity index (χ4n) is 4.76. The standard InChI is InChI=1S/C27H35N3O2/c1-5-20(17-28)10-9-18(2)21-11-13-30(14-12-21)27(32)23-16-25(26(31)29-4)24(15-19(23)3)22-7-6-8-22/h5,9-10,15-16,18,21-22H,6-8,11-14H2,1-4H3,(H,29,31)/b10-9-,20-5+/t18-/m0/s1. The van der Waals surface area contributed by atoms with E-state index in [9.17, 15) is 9.59 Å². The van der Waals surface area contributed by atoms with E-state index in [0.717, 1.165) is 49.9 Å². The van der Waals surface area contributed by atoms with Crippen molar-refractivity contribution in [3.8, 4) is 6.07 Å². The number of nitriles is 1. The summed E-state index contributed by atoms with van der Waals surface area (Å²) in [5.41, 5.74) is 4.01. The summed E-state index contributed by atoms with van der Waals surface area (Å²) in [6.45, 7) is 7.47. The molecular formula is C27H35N3O2. The number of rotatable bonds is 6. The van der Waals surface area contributed by atoms with Crippen LogP contribution in [0.1, 0.15) is 83.7 Å². The van der Waals surface area contributed by atoms with Gasteiger partial charge in [0.15, 0.2) is 0 Å². The topological polar surface area (TPSA) is 73.2 Å². The summed E-state index contributed by atoms with van der Waals surface area (Å²) in [6.07, 6.45) is 11.1. The fraction of sp³-hybridized carbons (Fsp3) is 0.519. The number of allylic oxidation sites excluding steroid dienone is 4. The maximum Gasteiger partial charge on any atom is 0.254 e. The van der Waals surface area contributed by atoms with Crippen LogP contribution in [0.2, 0.25) is 0 Å². The zero-order valence-electron chi connectivity index (χ0n) is 19.8. The first-order valence-corrected chi connectivity index (χ1v) is 11.8. The molecule has 0 bridgehead atoms. The van der Waals surface area contributed by atoms with E-state index < -0.39 is 0 Å². The number of benzene rings is 1. The highest BCUT2D eigenvalue weighted by atomic mass is 16.2. The molecule has 1 aliphatic heterocycles. The molecule has 0 unspecified atom stereocenters. The van der Waals surface area contributed by atoms with Gasteiger partial charge >= 0.3 is 0 Å². The van der Waals surface area contributed by atoms with Gasteiger partial charge in [-0.05, 0) is 80.6 Å². The molecule has 1 N–H and O–H groups in total. The normalized spacial score (nSPS) is 18.8. The summed E-state index contributed by atoms with van der Waals surface area (Å²) in [4.78, 5) is 27.8. The zero-order chi connectivity index (χ0) is 23.3. The maximum atomic E-state index is 13.4. The Labute approximate surface area is 192 Å². The number of hydrogen-bond donors (Lipinski definition) is 1. The van der Waals surface area contributed by atoms with Crippen molar-refractivity contribution in [1.82, 2.24) is 10.2 Å². The number of piperidine rings is 1. The van der Waals surface area contributed by atoms with Crippen LogP contribution in [0.5, 0.6) is 0 Å². The van der Waals surface area contributed by atoms with Crippen molar-refractivity contribution in [1.29, 1.82) is 5.26 Å². The van der Waals surface area contributed by atoms with Gasteiger partial charge in [0.05, 0.1) is 6.07 Å². The van der Waals surface area contributed by atoms with E-state index in [1.807, 2.05) is 37.0 Å². The van der Waals surface area contributed by atoms with Gasteiger partial charge in [-0.15, -0.1) is 0 Å². The number of carbonyl (C=O) groups is 2. The fourth-order valence-corrected chi connectivity index (χ4v) is 4.76. The number of amides is 2. The molecule has 1 saturated heterocycles. The van der Waals surface area contributed by atoms with Crippen molar-refractivity contribution in [2.45, 2.75) is 58.8 Å². The zero-order valence-corrected chi connectivity index (χ0v) is 19.8. The molecule has 5 heteroatoms. The Hall–Kier alpha value is -2.87. The number of nitrogens with one attached hydrogen (secondary N) is 1. The van der Waals surface area contributed by atoms with Crippen molar-refractivity contribution in [3.63, 3.8) is 0 Å². The Kier molecular flexibility index (Phi) is 7.90. The molecule has 1 atom stereocenters. The summed E-state index contributed by atoms with van der Waals surface area (Å²) in [6, 6.07) is 6.07. The molecule has 2 fully saturated rings. The lowest BCUT2D eigenvalue weighted by Crippen LogP contribution is -2.40. The lowest BCUT2D eigenvalue weighted by Gasteiger charge is -2.35. The highest BCUT2D eigenvalue weighted by molar-refractivity contribution is 6.01. The molecule has 1 heterocycles. The summed E-state index contributed by atoms with van der Waals surface area (Å²) in [5.74, 6) is 1.20. The monoisotopic (exact) mass is 433 g/mol. The van der Waals surface area contributed by atoms with Crippen LogP contribution in [0.15, 0.2) is 35.9 Å². The summed E-state index contributed by atoms with van der Waals surface area (Å²) < 4.78 is 0. The van der Waals surface area contributed by atoms with E-state index >= 15 is 0 Å². The average molecular weight is 434 g/mol. The smallest absolute Gasteiger partial charge is 0.254 e. The van der Waals surface area contributed by atoms with Crippen molar-refractivity contribution < 1.29 is 9.59 Å². The first kappa shape index (κ1) is 23.8. The van der Waals surface area contributed by atoms with Gasteiger partial charge in [-0.3, -0.25) is 9.59 Å². The molecule has 32 heavy (non-hydrogen) atoms. The maximum absolute atomic E-state index is 13.4. The summed E-state index contributed by atoms with van der Waals surface area (Å²) in [5, 5.41) is 11.8. The van der Waals surface area contributed by atoms with Gasteiger partial charge < -0.3 is 10.2 Å². The second-order valence-corrected chi connectivity index (χ2v) is 9.17. The van der Waals surface area contributed by atoms with E-state index in [4.69, 9.17) is 5.26 Å². The highest BCUT2D eigenvalue weighted by Crippen LogP contribution is 2.39. The molecule has 1 saturated carbocycles. The third kappa shape index (κ3) is 5.12. The SMILES string of the molecule is C/C=C(C#N)\C=C/[C@H](C)C1CCN(C(=O)c2cc(C(=O)NC)c(C3CCC3)cc2C)CC1. The molecule has 0 spiro atoms. The minimum absolute atomic E-state index is 0.0233. The Morgan fingerprint density at radius 1 is 1.19 bits per heavy atom. The minimum Gasteiger partial charge on any atom is -0.355 e. The first-order chi connectivity index (χ1) is 15.4.